The summed E-state index contributed by atoms with van der Waals surface area (Å²) in [6.07, 6.45) is 4.18. The first-order chi connectivity index (χ1) is 7.79. The molecule has 0 aromatic rings. The van der Waals surface area contributed by atoms with Gasteiger partial charge in [0.25, 0.3) is 0 Å². The largest absolute Gasteiger partial charge is 0.298 e. The molecule has 2 fully saturated rings. The standard InChI is InChI=1S/C15H30N2/c1-14(2,3)17-11-13(12-17)10-15(4,5)16-8-6-7-9-16/h13H,6-12H2,1-5H3. The van der Waals surface area contributed by atoms with E-state index >= 15 is 0 Å². The number of likely N-dealkylation sites (tertiary alicyclic amines) is 2. The molecule has 0 N–H and O–H groups in total. The molecule has 2 saturated heterocycles. The molecule has 17 heavy (non-hydrogen) atoms. The van der Waals surface area contributed by atoms with Crippen molar-refractivity contribution in [2.24, 2.45) is 5.92 Å². The van der Waals surface area contributed by atoms with E-state index in [-0.39, 0.29) is 0 Å². The zero-order chi connectivity index (χ0) is 12.7. The number of hydrogen-bond acceptors (Lipinski definition) is 2. The Balaban J connectivity index is 1.79. The van der Waals surface area contributed by atoms with Gasteiger partial charge in [-0.25, -0.2) is 0 Å². The molecule has 2 rings (SSSR count). The van der Waals surface area contributed by atoms with E-state index < -0.39 is 0 Å². The highest BCUT2D eigenvalue weighted by atomic mass is 15.3. The van der Waals surface area contributed by atoms with E-state index in [2.05, 4.69) is 44.4 Å². The second kappa shape index (κ2) is 4.55. The van der Waals surface area contributed by atoms with Crippen molar-refractivity contribution in [1.82, 2.24) is 9.80 Å². The molecule has 2 heteroatoms. The minimum atomic E-state index is 0.369. The van der Waals surface area contributed by atoms with E-state index in [0.29, 0.717) is 11.1 Å². The maximum absolute atomic E-state index is 2.70. The molecule has 0 aliphatic carbocycles. The van der Waals surface area contributed by atoms with E-state index in [4.69, 9.17) is 0 Å². The molecule has 0 atom stereocenters. The van der Waals surface area contributed by atoms with Crippen LogP contribution >= 0.6 is 0 Å². The molecule has 2 heterocycles. The fourth-order valence-electron chi connectivity index (χ4n) is 3.40. The fourth-order valence-corrected chi connectivity index (χ4v) is 3.40. The van der Waals surface area contributed by atoms with Gasteiger partial charge in [-0.2, -0.15) is 0 Å². The highest BCUT2D eigenvalue weighted by molar-refractivity contribution is 4.94. The van der Waals surface area contributed by atoms with Crippen LogP contribution in [0.25, 0.3) is 0 Å². The molecule has 0 radical (unpaired) electrons. The van der Waals surface area contributed by atoms with Crippen molar-refractivity contribution in [1.29, 1.82) is 0 Å². The predicted octanol–water partition coefficient (Wildman–Crippen LogP) is 2.98. The highest BCUT2D eigenvalue weighted by Gasteiger charge is 2.39. The quantitative estimate of drug-likeness (QED) is 0.746. The van der Waals surface area contributed by atoms with Gasteiger partial charge in [-0.1, -0.05) is 0 Å². The smallest absolute Gasteiger partial charge is 0.0156 e. The minimum absolute atomic E-state index is 0.369. The van der Waals surface area contributed by atoms with E-state index in [1.807, 2.05) is 0 Å². The topological polar surface area (TPSA) is 6.48 Å². The summed E-state index contributed by atoms with van der Waals surface area (Å²) in [5.41, 5.74) is 0.791. The monoisotopic (exact) mass is 238 g/mol. The summed E-state index contributed by atoms with van der Waals surface area (Å²) in [5.74, 6) is 0.921. The summed E-state index contributed by atoms with van der Waals surface area (Å²) < 4.78 is 0. The molecule has 0 saturated carbocycles. The highest BCUT2D eigenvalue weighted by Crippen LogP contribution is 2.34. The third kappa shape index (κ3) is 3.03. The second-order valence-electron chi connectivity index (χ2n) is 7.65. The van der Waals surface area contributed by atoms with Crippen LogP contribution in [0, 0.1) is 5.92 Å². The van der Waals surface area contributed by atoms with Gasteiger partial charge in [0.05, 0.1) is 0 Å². The summed E-state index contributed by atoms with van der Waals surface area (Å²) in [7, 11) is 0. The maximum atomic E-state index is 2.70. The molecule has 2 nitrogen and oxygen atoms in total. The average molecular weight is 238 g/mol. The van der Waals surface area contributed by atoms with Crippen molar-refractivity contribution >= 4 is 0 Å². The molecular formula is C15H30N2. The van der Waals surface area contributed by atoms with Gasteiger partial charge in [0.15, 0.2) is 0 Å². The van der Waals surface area contributed by atoms with Crippen LogP contribution in [0.4, 0.5) is 0 Å². The molecule has 0 bridgehead atoms. The Morgan fingerprint density at radius 3 is 1.88 bits per heavy atom. The molecule has 0 spiro atoms. The van der Waals surface area contributed by atoms with Crippen LogP contribution in [-0.2, 0) is 0 Å². The summed E-state index contributed by atoms with van der Waals surface area (Å²) >= 11 is 0. The lowest BCUT2D eigenvalue weighted by Crippen LogP contribution is -2.58. The van der Waals surface area contributed by atoms with Crippen LogP contribution in [0.2, 0.25) is 0 Å². The van der Waals surface area contributed by atoms with Gasteiger partial charge in [-0.3, -0.25) is 9.80 Å². The van der Waals surface area contributed by atoms with E-state index in [0.717, 1.165) is 5.92 Å². The van der Waals surface area contributed by atoms with Crippen LogP contribution in [0.5, 0.6) is 0 Å². The number of nitrogens with zero attached hydrogens (tertiary/aromatic N) is 2. The third-order valence-corrected chi connectivity index (χ3v) is 4.66. The van der Waals surface area contributed by atoms with Crippen molar-refractivity contribution < 1.29 is 0 Å². The Kier molecular flexibility index (Phi) is 3.57. The lowest BCUT2D eigenvalue weighted by atomic mass is 9.82. The van der Waals surface area contributed by atoms with Crippen LogP contribution in [0.3, 0.4) is 0 Å². The Morgan fingerprint density at radius 1 is 0.882 bits per heavy atom. The first-order valence-electron chi connectivity index (χ1n) is 7.29. The molecule has 0 aromatic heterocycles. The van der Waals surface area contributed by atoms with Crippen LogP contribution < -0.4 is 0 Å². The normalized spacial score (nSPS) is 25.2. The van der Waals surface area contributed by atoms with Crippen LogP contribution in [-0.4, -0.2) is 47.1 Å². The minimum Gasteiger partial charge on any atom is -0.298 e. The molecule has 0 unspecified atom stereocenters. The van der Waals surface area contributed by atoms with Crippen LogP contribution in [0.15, 0.2) is 0 Å². The third-order valence-electron chi connectivity index (χ3n) is 4.66. The van der Waals surface area contributed by atoms with Gasteiger partial charge in [0, 0.05) is 24.2 Å². The molecule has 2 aliphatic rings. The molecule has 0 aromatic carbocycles. The van der Waals surface area contributed by atoms with Crippen molar-refractivity contribution in [2.75, 3.05) is 26.2 Å². The van der Waals surface area contributed by atoms with Crippen molar-refractivity contribution in [2.45, 2.75) is 65.0 Å². The lowest BCUT2D eigenvalue weighted by molar-refractivity contribution is -0.0141. The fraction of sp³-hybridized carbons (Fsp3) is 1.00. The second-order valence-corrected chi connectivity index (χ2v) is 7.65. The Bertz CT molecular complexity index is 253. The van der Waals surface area contributed by atoms with Gasteiger partial charge in [-0.05, 0) is 72.9 Å². The first kappa shape index (κ1) is 13.4. The summed E-state index contributed by atoms with van der Waals surface area (Å²) in [5, 5.41) is 0. The predicted molar refractivity (Wildman–Crippen MR) is 74.3 cm³/mol. The van der Waals surface area contributed by atoms with Gasteiger partial charge in [0.2, 0.25) is 0 Å². The van der Waals surface area contributed by atoms with Gasteiger partial charge >= 0.3 is 0 Å². The average Bonchev–Trinajstić information content (AvgIpc) is 2.61. The zero-order valence-electron chi connectivity index (χ0n) is 12.4. The van der Waals surface area contributed by atoms with E-state index in [9.17, 15) is 0 Å². The SMILES string of the molecule is CC(C)(C)N1CC(CC(C)(C)N2CCCC2)C1. The Morgan fingerprint density at radius 2 is 1.41 bits per heavy atom. The van der Waals surface area contributed by atoms with Crippen LogP contribution in [0.1, 0.15) is 53.9 Å². The zero-order valence-corrected chi connectivity index (χ0v) is 12.4. The van der Waals surface area contributed by atoms with Crippen molar-refractivity contribution in [3.63, 3.8) is 0 Å². The van der Waals surface area contributed by atoms with E-state index in [1.54, 1.807) is 0 Å². The van der Waals surface area contributed by atoms with Gasteiger partial charge < -0.3 is 0 Å². The molecule has 0 amide bonds. The molecule has 100 valence electrons. The summed E-state index contributed by atoms with van der Waals surface area (Å²) in [6, 6.07) is 0. The Hall–Kier alpha value is -0.0800. The molecule has 2 aliphatic heterocycles. The van der Waals surface area contributed by atoms with Crippen molar-refractivity contribution in [3.8, 4) is 0 Å². The maximum Gasteiger partial charge on any atom is 0.0156 e. The van der Waals surface area contributed by atoms with E-state index in [1.165, 1.54) is 45.4 Å². The van der Waals surface area contributed by atoms with Crippen molar-refractivity contribution in [3.05, 3.63) is 0 Å². The summed E-state index contributed by atoms with van der Waals surface area (Å²) in [4.78, 5) is 5.31. The van der Waals surface area contributed by atoms with Gasteiger partial charge in [0.1, 0.15) is 0 Å². The number of hydrogen-bond donors (Lipinski definition) is 0. The summed E-state index contributed by atoms with van der Waals surface area (Å²) in [6.45, 7) is 17.1. The lowest BCUT2D eigenvalue weighted by Gasteiger charge is -2.51. The molecular weight excluding hydrogens is 208 g/mol. The first-order valence-corrected chi connectivity index (χ1v) is 7.29. The Labute approximate surface area is 107 Å². The number of rotatable bonds is 3. The van der Waals surface area contributed by atoms with Gasteiger partial charge in [-0.15, -0.1) is 0 Å².